The number of hydrogen-bond acceptors (Lipinski definition) is 2. The van der Waals surface area contributed by atoms with Crippen LogP contribution >= 0.6 is 35.6 Å². The maximum absolute atomic E-state index is 13.5. The first-order valence-corrected chi connectivity index (χ1v) is 6.95. The second-order valence-electron chi connectivity index (χ2n) is 4.63. The van der Waals surface area contributed by atoms with Crippen molar-refractivity contribution in [3.8, 4) is 0 Å². The molecule has 2 rings (SSSR count). The fourth-order valence-electron chi connectivity index (χ4n) is 2.35. The number of amides is 1. The van der Waals surface area contributed by atoms with Gasteiger partial charge in [0.25, 0.3) is 5.91 Å². The topological polar surface area (TPSA) is 46.3 Å². The van der Waals surface area contributed by atoms with Crippen molar-refractivity contribution < 1.29 is 9.18 Å². The summed E-state index contributed by atoms with van der Waals surface area (Å²) in [6.45, 7) is 1.03. The number of hydrogen-bond donors (Lipinski definition) is 1. The van der Waals surface area contributed by atoms with Gasteiger partial charge in [0.15, 0.2) is 0 Å². The maximum atomic E-state index is 13.5. The van der Waals surface area contributed by atoms with Gasteiger partial charge in [0.1, 0.15) is 5.82 Å². The molecule has 1 aromatic rings. The highest BCUT2D eigenvalue weighted by atomic mass is 35.5. The summed E-state index contributed by atoms with van der Waals surface area (Å²) in [5, 5.41) is 0.0771. The SMILES string of the molecule is Cl.NCC1CCCCN1C(=O)c1cc(F)c(Cl)cc1Cl. The molecular formula is C13H16Cl3FN2O. The minimum atomic E-state index is -0.643. The molecule has 1 aliphatic rings. The summed E-state index contributed by atoms with van der Waals surface area (Å²) in [5.74, 6) is -0.925. The van der Waals surface area contributed by atoms with E-state index in [9.17, 15) is 9.18 Å². The van der Waals surface area contributed by atoms with Crippen LogP contribution in [0.1, 0.15) is 29.6 Å². The smallest absolute Gasteiger partial charge is 0.255 e. The summed E-state index contributed by atoms with van der Waals surface area (Å²) in [4.78, 5) is 14.1. The van der Waals surface area contributed by atoms with E-state index >= 15 is 0 Å². The van der Waals surface area contributed by atoms with Gasteiger partial charge in [-0.3, -0.25) is 4.79 Å². The van der Waals surface area contributed by atoms with Crippen LogP contribution in [0.4, 0.5) is 4.39 Å². The number of rotatable bonds is 2. The Labute approximate surface area is 133 Å². The van der Waals surface area contributed by atoms with Gasteiger partial charge < -0.3 is 10.6 Å². The highest BCUT2D eigenvalue weighted by Gasteiger charge is 2.28. The van der Waals surface area contributed by atoms with Crippen molar-refractivity contribution >= 4 is 41.5 Å². The zero-order chi connectivity index (χ0) is 14.0. The molecule has 2 N–H and O–H groups in total. The van der Waals surface area contributed by atoms with Crippen LogP contribution in [0.25, 0.3) is 0 Å². The minimum absolute atomic E-state index is 0. The average molecular weight is 342 g/mol. The van der Waals surface area contributed by atoms with Gasteiger partial charge in [-0.15, -0.1) is 12.4 Å². The Morgan fingerprint density at radius 2 is 2.05 bits per heavy atom. The van der Waals surface area contributed by atoms with Crippen molar-refractivity contribution in [2.75, 3.05) is 13.1 Å². The van der Waals surface area contributed by atoms with Gasteiger partial charge in [0.2, 0.25) is 0 Å². The largest absolute Gasteiger partial charge is 0.334 e. The Hall–Kier alpha value is -0.550. The molecule has 7 heteroatoms. The van der Waals surface area contributed by atoms with Crippen LogP contribution in [0.5, 0.6) is 0 Å². The zero-order valence-electron chi connectivity index (χ0n) is 10.7. The summed E-state index contributed by atoms with van der Waals surface area (Å²) < 4.78 is 13.5. The highest BCUT2D eigenvalue weighted by Crippen LogP contribution is 2.27. The highest BCUT2D eigenvalue weighted by molar-refractivity contribution is 6.36. The molecule has 20 heavy (non-hydrogen) atoms. The summed E-state index contributed by atoms with van der Waals surface area (Å²) >= 11 is 11.6. The Bertz CT molecular complexity index is 499. The fourth-order valence-corrected chi connectivity index (χ4v) is 2.82. The fraction of sp³-hybridized carbons (Fsp3) is 0.462. The van der Waals surface area contributed by atoms with Gasteiger partial charge in [-0.2, -0.15) is 0 Å². The summed E-state index contributed by atoms with van der Waals surface area (Å²) in [5.41, 5.74) is 5.82. The molecule has 1 fully saturated rings. The summed E-state index contributed by atoms with van der Waals surface area (Å²) in [6.07, 6.45) is 2.85. The molecule has 1 heterocycles. The molecule has 0 bridgehead atoms. The van der Waals surface area contributed by atoms with Gasteiger partial charge in [-0.1, -0.05) is 23.2 Å². The third-order valence-corrected chi connectivity index (χ3v) is 4.00. The normalized spacial score (nSPS) is 18.6. The van der Waals surface area contributed by atoms with E-state index in [1.807, 2.05) is 0 Å². The predicted molar refractivity (Wildman–Crippen MR) is 81.4 cm³/mol. The van der Waals surface area contributed by atoms with Crippen LogP contribution in [0.15, 0.2) is 12.1 Å². The molecule has 1 saturated heterocycles. The van der Waals surface area contributed by atoms with E-state index in [4.69, 9.17) is 28.9 Å². The molecule has 0 saturated carbocycles. The van der Waals surface area contributed by atoms with Crippen molar-refractivity contribution in [1.82, 2.24) is 4.90 Å². The summed E-state index contributed by atoms with van der Waals surface area (Å²) in [6, 6.07) is 2.35. The number of piperidine rings is 1. The maximum Gasteiger partial charge on any atom is 0.255 e. The Morgan fingerprint density at radius 1 is 1.35 bits per heavy atom. The van der Waals surface area contributed by atoms with Crippen LogP contribution in [-0.2, 0) is 0 Å². The third kappa shape index (κ3) is 3.55. The lowest BCUT2D eigenvalue weighted by Gasteiger charge is -2.35. The van der Waals surface area contributed by atoms with Crippen LogP contribution in [0, 0.1) is 5.82 Å². The number of carbonyl (C=O) groups excluding carboxylic acids is 1. The molecule has 0 aliphatic carbocycles. The standard InChI is InChI=1S/C13H15Cl2FN2O.ClH/c14-10-6-11(15)12(16)5-9(10)13(19)18-4-2-1-3-8(18)7-17;/h5-6,8H,1-4,7,17H2;1H. The Morgan fingerprint density at radius 3 is 2.70 bits per heavy atom. The number of likely N-dealkylation sites (tertiary alicyclic amines) is 1. The van der Waals surface area contributed by atoms with E-state index in [0.29, 0.717) is 13.1 Å². The molecule has 1 aromatic carbocycles. The number of benzene rings is 1. The van der Waals surface area contributed by atoms with Gasteiger partial charge in [-0.05, 0) is 31.4 Å². The molecule has 0 spiro atoms. The molecule has 0 aromatic heterocycles. The van der Waals surface area contributed by atoms with Crippen LogP contribution < -0.4 is 5.73 Å². The number of nitrogens with zero attached hydrogens (tertiary/aromatic N) is 1. The first-order valence-electron chi connectivity index (χ1n) is 6.20. The molecule has 3 nitrogen and oxygen atoms in total. The molecular weight excluding hydrogens is 326 g/mol. The van der Waals surface area contributed by atoms with E-state index in [1.54, 1.807) is 4.90 Å². The predicted octanol–water partition coefficient (Wildman–Crippen LogP) is 3.51. The van der Waals surface area contributed by atoms with Crippen molar-refractivity contribution in [1.29, 1.82) is 0 Å². The first kappa shape index (κ1) is 17.5. The average Bonchev–Trinajstić information content (AvgIpc) is 2.42. The van der Waals surface area contributed by atoms with E-state index in [1.165, 1.54) is 6.07 Å². The lowest BCUT2D eigenvalue weighted by Crippen LogP contribution is -2.47. The monoisotopic (exact) mass is 340 g/mol. The quantitative estimate of drug-likeness (QED) is 0.837. The van der Waals surface area contributed by atoms with Crippen molar-refractivity contribution in [3.05, 3.63) is 33.6 Å². The van der Waals surface area contributed by atoms with Crippen molar-refractivity contribution in [3.63, 3.8) is 0 Å². The second kappa shape index (κ2) is 7.46. The summed E-state index contributed by atoms with van der Waals surface area (Å²) in [7, 11) is 0. The number of nitrogens with two attached hydrogens (primary N) is 1. The minimum Gasteiger partial charge on any atom is -0.334 e. The first-order chi connectivity index (χ1) is 9.04. The third-order valence-electron chi connectivity index (χ3n) is 3.40. The van der Waals surface area contributed by atoms with Crippen molar-refractivity contribution in [2.24, 2.45) is 5.73 Å². The van der Waals surface area contributed by atoms with Crippen LogP contribution in [0.3, 0.4) is 0 Å². The van der Waals surface area contributed by atoms with Gasteiger partial charge in [0.05, 0.1) is 15.6 Å². The van der Waals surface area contributed by atoms with Crippen molar-refractivity contribution in [2.45, 2.75) is 25.3 Å². The second-order valence-corrected chi connectivity index (χ2v) is 5.44. The van der Waals surface area contributed by atoms with Crippen LogP contribution in [-0.4, -0.2) is 29.9 Å². The van der Waals surface area contributed by atoms with E-state index < -0.39 is 5.82 Å². The lowest BCUT2D eigenvalue weighted by molar-refractivity contribution is 0.0623. The lowest BCUT2D eigenvalue weighted by atomic mass is 10.0. The molecule has 0 radical (unpaired) electrons. The number of halogens is 4. The Kier molecular flexibility index (Phi) is 6.52. The van der Waals surface area contributed by atoms with E-state index in [2.05, 4.69) is 0 Å². The van der Waals surface area contributed by atoms with Gasteiger partial charge in [-0.25, -0.2) is 4.39 Å². The molecule has 1 unspecified atom stereocenters. The van der Waals surface area contributed by atoms with E-state index in [-0.39, 0.29) is 40.0 Å². The van der Waals surface area contributed by atoms with Crippen LogP contribution in [0.2, 0.25) is 10.0 Å². The number of carbonyl (C=O) groups is 1. The van der Waals surface area contributed by atoms with Gasteiger partial charge >= 0.3 is 0 Å². The van der Waals surface area contributed by atoms with E-state index in [0.717, 1.165) is 25.3 Å². The molecule has 1 aliphatic heterocycles. The molecule has 112 valence electrons. The zero-order valence-corrected chi connectivity index (χ0v) is 13.1. The Balaban J connectivity index is 0.00000200. The molecule has 1 atom stereocenters. The molecule has 1 amide bonds. The van der Waals surface area contributed by atoms with Gasteiger partial charge in [0, 0.05) is 19.1 Å².